The van der Waals surface area contributed by atoms with Crippen LogP contribution in [0.4, 0.5) is 0 Å². The minimum atomic E-state index is 0.119. The molecule has 1 atom stereocenters. The van der Waals surface area contributed by atoms with Gasteiger partial charge in [-0.05, 0) is 43.0 Å². The summed E-state index contributed by atoms with van der Waals surface area (Å²) in [5.74, 6) is 5.65. The number of nitrogens with zero attached hydrogens (tertiary/aromatic N) is 3. The fourth-order valence-electron chi connectivity index (χ4n) is 2.11. The minimum absolute atomic E-state index is 0.119. The summed E-state index contributed by atoms with van der Waals surface area (Å²) in [6.45, 7) is 2.07. The molecular weight excluding hydrogens is 226 g/mol. The molecule has 0 radical (unpaired) electrons. The largest absolute Gasteiger partial charge is 0.273 e. The Morgan fingerprint density at radius 2 is 2.22 bits per heavy atom. The number of nitrogens with one attached hydrogen (secondary N) is 1. The number of pyridine rings is 1. The Hall–Kier alpha value is -1.72. The van der Waals surface area contributed by atoms with E-state index in [2.05, 4.69) is 22.4 Å². The van der Waals surface area contributed by atoms with Crippen LogP contribution in [0.5, 0.6) is 0 Å². The first kappa shape index (κ1) is 12.7. The SMILES string of the molecule is Cc1ccncc1C(CCc1ccnn1C)NN. The first-order valence-electron chi connectivity index (χ1n) is 6.06. The summed E-state index contributed by atoms with van der Waals surface area (Å²) in [5.41, 5.74) is 6.44. The third-order valence-corrected chi connectivity index (χ3v) is 3.27. The summed E-state index contributed by atoms with van der Waals surface area (Å²) in [5, 5.41) is 4.16. The number of hydrogen-bond donors (Lipinski definition) is 2. The first-order chi connectivity index (χ1) is 8.72. The molecule has 96 valence electrons. The van der Waals surface area contributed by atoms with E-state index in [1.54, 1.807) is 6.20 Å². The second kappa shape index (κ2) is 5.75. The van der Waals surface area contributed by atoms with Gasteiger partial charge in [-0.25, -0.2) is 0 Å². The number of aromatic nitrogens is 3. The second-order valence-corrected chi connectivity index (χ2v) is 4.44. The molecule has 0 aliphatic heterocycles. The van der Waals surface area contributed by atoms with E-state index in [0.717, 1.165) is 18.4 Å². The molecule has 1 unspecified atom stereocenters. The second-order valence-electron chi connectivity index (χ2n) is 4.44. The van der Waals surface area contributed by atoms with Crippen LogP contribution >= 0.6 is 0 Å². The van der Waals surface area contributed by atoms with Crippen LogP contribution < -0.4 is 11.3 Å². The third kappa shape index (κ3) is 2.75. The maximum atomic E-state index is 5.65. The molecule has 0 bridgehead atoms. The monoisotopic (exact) mass is 245 g/mol. The Kier molecular flexibility index (Phi) is 4.07. The van der Waals surface area contributed by atoms with Crippen molar-refractivity contribution >= 4 is 0 Å². The van der Waals surface area contributed by atoms with Gasteiger partial charge in [-0.2, -0.15) is 5.10 Å². The lowest BCUT2D eigenvalue weighted by atomic mass is 9.99. The summed E-state index contributed by atoms with van der Waals surface area (Å²) in [7, 11) is 1.95. The average Bonchev–Trinajstić information content (AvgIpc) is 2.78. The van der Waals surface area contributed by atoms with Crippen molar-refractivity contribution in [1.82, 2.24) is 20.2 Å². The molecule has 0 saturated carbocycles. The van der Waals surface area contributed by atoms with Crippen molar-refractivity contribution in [3.05, 3.63) is 47.5 Å². The predicted molar refractivity (Wildman–Crippen MR) is 70.6 cm³/mol. The molecule has 0 aliphatic carbocycles. The van der Waals surface area contributed by atoms with Crippen LogP contribution in [-0.2, 0) is 13.5 Å². The Balaban J connectivity index is 2.07. The first-order valence-corrected chi connectivity index (χ1v) is 6.06. The summed E-state index contributed by atoms with van der Waals surface area (Å²) in [6.07, 6.45) is 7.34. The molecule has 0 saturated heterocycles. The van der Waals surface area contributed by atoms with Gasteiger partial charge in [0.05, 0.1) is 0 Å². The summed E-state index contributed by atoms with van der Waals surface area (Å²) < 4.78 is 1.89. The van der Waals surface area contributed by atoms with Gasteiger partial charge in [-0.3, -0.25) is 20.9 Å². The van der Waals surface area contributed by atoms with Gasteiger partial charge < -0.3 is 0 Å². The Bertz CT molecular complexity index is 506. The average molecular weight is 245 g/mol. The van der Waals surface area contributed by atoms with E-state index in [1.807, 2.05) is 36.3 Å². The van der Waals surface area contributed by atoms with Crippen LogP contribution in [0.15, 0.2) is 30.7 Å². The number of rotatable bonds is 5. The van der Waals surface area contributed by atoms with Crippen LogP contribution in [0.3, 0.4) is 0 Å². The van der Waals surface area contributed by atoms with Crippen LogP contribution in [0.2, 0.25) is 0 Å². The van der Waals surface area contributed by atoms with Crippen LogP contribution in [0, 0.1) is 6.92 Å². The lowest BCUT2D eigenvalue weighted by Gasteiger charge is -2.17. The molecule has 3 N–H and O–H groups in total. The van der Waals surface area contributed by atoms with Gasteiger partial charge in [-0.15, -0.1) is 0 Å². The Labute approximate surface area is 107 Å². The van der Waals surface area contributed by atoms with Gasteiger partial charge in [0.25, 0.3) is 0 Å². The zero-order valence-electron chi connectivity index (χ0n) is 10.8. The van der Waals surface area contributed by atoms with E-state index >= 15 is 0 Å². The molecule has 0 spiro atoms. The van der Waals surface area contributed by atoms with Crippen LogP contribution in [0.25, 0.3) is 0 Å². The van der Waals surface area contributed by atoms with E-state index < -0.39 is 0 Å². The fourth-order valence-corrected chi connectivity index (χ4v) is 2.11. The predicted octanol–water partition coefficient (Wildman–Crippen LogP) is 1.26. The molecule has 0 aromatic carbocycles. The van der Waals surface area contributed by atoms with Crippen molar-refractivity contribution in [2.45, 2.75) is 25.8 Å². The summed E-state index contributed by atoms with van der Waals surface area (Å²) >= 11 is 0. The number of nitrogens with two attached hydrogens (primary N) is 1. The fraction of sp³-hybridized carbons (Fsp3) is 0.385. The van der Waals surface area contributed by atoms with E-state index in [0.29, 0.717) is 0 Å². The van der Waals surface area contributed by atoms with Crippen molar-refractivity contribution in [2.75, 3.05) is 0 Å². The molecule has 0 fully saturated rings. The number of hydrazine groups is 1. The highest BCUT2D eigenvalue weighted by molar-refractivity contribution is 5.25. The summed E-state index contributed by atoms with van der Waals surface area (Å²) in [6, 6.07) is 4.15. The molecule has 5 heteroatoms. The topological polar surface area (TPSA) is 68.8 Å². The van der Waals surface area contributed by atoms with Gasteiger partial charge in [0.2, 0.25) is 0 Å². The molecular formula is C13H19N5. The molecule has 18 heavy (non-hydrogen) atoms. The van der Waals surface area contributed by atoms with Crippen LogP contribution in [0.1, 0.15) is 29.3 Å². The summed E-state index contributed by atoms with van der Waals surface area (Å²) in [4.78, 5) is 4.16. The van der Waals surface area contributed by atoms with Gasteiger partial charge in [-0.1, -0.05) is 0 Å². The molecule has 2 heterocycles. The maximum absolute atomic E-state index is 5.65. The molecule has 0 amide bonds. The molecule has 2 rings (SSSR count). The highest BCUT2D eigenvalue weighted by Crippen LogP contribution is 2.20. The third-order valence-electron chi connectivity index (χ3n) is 3.27. The highest BCUT2D eigenvalue weighted by atomic mass is 15.3. The smallest absolute Gasteiger partial charge is 0.0492 e. The van der Waals surface area contributed by atoms with Crippen LogP contribution in [-0.4, -0.2) is 14.8 Å². The van der Waals surface area contributed by atoms with Crippen molar-refractivity contribution in [3.63, 3.8) is 0 Å². The Morgan fingerprint density at radius 1 is 1.39 bits per heavy atom. The van der Waals surface area contributed by atoms with Gasteiger partial charge in [0.15, 0.2) is 0 Å². The van der Waals surface area contributed by atoms with Crippen molar-refractivity contribution in [3.8, 4) is 0 Å². The van der Waals surface area contributed by atoms with Gasteiger partial charge >= 0.3 is 0 Å². The van der Waals surface area contributed by atoms with E-state index in [1.165, 1.54) is 11.3 Å². The zero-order valence-corrected chi connectivity index (χ0v) is 10.8. The molecule has 2 aromatic rings. The quantitative estimate of drug-likeness (QED) is 0.614. The van der Waals surface area contributed by atoms with E-state index in [4.69, 9.17) is 5.84 Å². The van der Waals surface area contributed by atoms with E-state index in [9.17, 15) is 0 Å². The van der Waals surface area contributed by atoms with Crippen molar-refractivity contribution < 1.29 is 0 Å². The van der Waals surface area contributed by atoms with Gasteiger partial charge in [0, 0.05) is 37.4 Å². The van der Waals surface area contributed by atoms with Gasteiger partial charge in [0.1, 0.15) is 0 Å². The normalized spacial score (nSPS) is 12.6. The lowest BCUT2D eigenvalue weighted by molar-refractivity contribution is 0.503. The highest BCUT2D eigenvalue weighted by Gasteiger charge is 2.13. The van der Waals surface area contributed by atoms with Crippen molar-refractivity contribution in [2.24, 2.45) is 12.9 Å². The standard InChI is InChI=1S/C13H19N5/c1-10-5-7-15-9-12(10)13(17-14)4-3-11-6-8-16-18(11)2/h5-9,13,17H,3-4,14H2,1-2H3. The number of aryl methyl sites for hydroxylation is 3. The maximum Gasteiger partial charge on any atom is 0.0492 e. The minimum Gasteiger partial charge on any atom is -0.273 e. The van der Waals surface area contributed by atoms with Crippen molar-refractivity contribution in [1.29, 1.82) is 0 Å². The Morgan fingerprint density at radius 3 is 2.83 bits per heavy atom. The molecule has 2 aromatic heterocycles. The molecule has 5 nitrogen and oxygen atoms in total. The lowest BCUT2D eigenvalue weighted by Crippen LogP contribution is -2.29. The molecule has 0 aliphatic rings. The number of hydrogen-bond acceptors (Lipinski definition) is 4. The van der Waals surface area contributed by atoms with E-state index in [-0.39, 0.29) is 6.04 Å². The zero-order chi connectivity index (χ0) is 13.0.